The van der Waals surface area contributed by atoms with E-state index in [1.165, 1.54) is 17.9 Å². The molecule has 2 aliphatic rings. The fourth-order valence-electron chi connectivity index (χ4n) is 3.44. The third-order valence-corrected chi connectivity index (χ3v) is 4.84. The summed E-state index contributed by atoms with van der Waals surface area (Å²) in [4.78, 5) is 28.2. The highest BCUT2D eigenvalue weighted by Gasteiger charge is 2.39. The predicted molar refractivity (Wildman–Crippen MR) is 93.2 cm³/mol. The average molecular weight is 372 g/mol. The number of fused-ring (bicyclic) bond motifs is 1. The van der Waals surface area contributed by atoms with Crippen molar-refractivity contribution in [3.63, 3.8) is 0 Å². The van der Waals surface area contributed by atoms with E-state index in [4.69, 9.17) is 14.2 Å². The van der Waals surface area contributed by atoms with Gasteiger partial charge in [0.2, 0.25) is 5.69 Å². The van der Waals surface area contributed by atoms with Crippen molar-refractivity contribution in [2.45, 2.75) is 31.0 Å². The van der Waals surface area contributed by atoms with Gasteiger partial charge in [0.25, 0.3) is 5.56 Å². The van der Waals surface area contributed by atoms with Crippen LogP contribution >= 0.6 is 0 Å². The number of rotatable bonds is 3. The van der Waals surface area contributed by atoms with E-state index in [9.17, 15) is 9.59 Å². The first kappa shape index (κ1) is 17.8. The first-order chi connectivity index (χ1) is 13.2. The van der Waals surface area contributed by atoms with Gasteiger partial charge in [-0.2, -0.15) is 0 Å². The number of hydrogen-bond donors (Lipinski definition) is 0. The van der Waals surface area contributed by atoms with E-state index in [2.05, 4.69) is 9.72 Å². The van der Waals surface area contributed by atoms with E-state index < -0.39 is 17.8 Å². The van der Waals surface area contributed by atoms with Crippen molar-refractivity contribution < 1.29 is 23.7 Å². The van der Waals surface area contributed by atoms with Crippen LogP contribution in [0, 0.1) is 0 Å². The number of benzene rings is 1. The van der Waals surface area contributed by atoms with Gasteiger partial charge in [0.1, 0.15) is 6.10 Å². The maximum absolute atomic E-state index is 12.6. The average Bonchev–Trinajstić information content (AvgIpc) is 2.73. The van der Waals surface area contributed by atoms with E-state index in [1.54, 1.807) is 6.20 Å². The van der Waals surface area contributed by atoms with Gasteiger partial charge in [-0.15, -0.1) is 0 Å². The lowest BCUT2D eigenvalue weighted by atomic mass is 10.00. The van der Waals surface area contributed by atoms with Crippen molar-refractivity contribution >= 4 is 5.97 Å². The lowest BCUT2D eigenvalue weighted by Gasteiger charge is -2.42. The second kappa shape index (κ2) is 7.59. The number of esters is 1. The zero-order chi connectivity index (χ0) is 18.8. The van der Waals surface area contributed by atoms with Crippen LogP contribution in [0.5, 0.6) is 0 Å². The Hall–Kier alpha value is -2.55. The van der Waals surface area contributed by atoms with Crippen LogP contribution in [0.4, 0.5) is 0 Å². The summed E-state index contributed by atoms with van der Waals surface area (Å²) in [5.41, 5.74) is 0.201. The fourth-order valence-corrected chi connectivity index (χ4v) is 3.44. The van der Waals surface area contributed by atoms with Gasteiger partial charge in [-0.25, -0.2) is 9.78 Å². The highest BCUT2D eigenvalue weighted by molar-refractivity contribution is 5.86. The summed E-state index contributed by atoms with van der Waals surface area (Å²) in [6.07, 6.45) is 2.67. The molecule has 8 nitrogen and oxygen atoms in total. The van der Waals surface area contributed by atoms with Gasteiger partial charge in [0.05, 0.1) is 32.5 Å². The molecular formula is C19H20N2O6. The number of carbonyl (C=O) groups excluding carboxylic acids is 1. The summed E-state index contributed by atoms with van der Waals surface area (Å²) in [6.45, 7) is 0.754. The lowest BCUT2D eigenvalue weighted by Crippen LogP contribution is -2.49. The predicted octanol–water partition coefficient (Wildman–Crippen LogP) is 1.47. The molecule has 0 spiro atoms. The number of hydrogen-bond acceptors (Lipinski definition) is 7. The van der Waals surface area contributed by atoms with E-state index in [1.807, 2.05) is 30.3 Å². The molecule has 2 fully saturated rings. The Kier molecular flexibility index (Phi) is 5.02. The van der Waals surface area contributed by atoms with Crippen molar-refractivity contribution in [2.24, 2.45) is 0 Å². The quantitative estimate of drug-likeness (QED) is 0.754. The molecule has 27 heavy (non-hydrogen) atoms. The minimum atomic E-state index is -0.754. The SMILES string of the molecule is COC(=O)c1nccn([C@@H]2CO[C@@H]3COC(c4ccccc4)O[C@@H]3C2)c1=O. The van der Waals surface area contributed by atoms with Crippen LogP contribution in [0.1, 0.15) is 34.8 Å². The standard InChI is InChI=1S/C19H20N2O6/c1-24-18(23)16-17(22)21(8-7-20-16)13-9-14-15(25-10-13)11-26-19(27-14)12-5-3-2-4-6-12/h2-8,13-15,19H,9-11H2,1H3/t13-,14+,15+,19?/m0/s1. The smallest absolute Gasteiger partial charge is 0.362 e. The molecule has 0 saturated carbocycles. The van der Waals surface area contributed by atoms with Gasteiger partial charge >= 0.3 is 5.97 Å². The van der Waals surface area contributed by atoms with Crippen LogP contribution in [0.3, 0.4) is 0 Å². The monoisotopic (exact) mass is 372 g/mol. The van der Waals surface area contributed by atoms with Gasteiger partial charge in [-0.05, 0) is 6.42 Å². The molecule has 2 aliphatic heterocycles. The van der Waals surface area contributed by atoms with Crippen LogP contribution in [0.15, 0.2) is 47.5 Å². The van der Waals surface area contributed by atoms with Crippen molar-refractivity contribution in [2.75, 3.05) is 20.3 Å². The number of carbonyl (C=O) groups is 1. The van der Waals surface area contributed by atoms with Crippen LogP contribution in [-0.4, -0.2) is 48.1 Å². The van der Waals surface area contributed by atoms with Crippen molar-refractivity contribution in [1.29, 1.82) is 0 Å². The maximum Gasteiger partial charge on any atom is 0.362 e. The zero-order valence-corrected chi connectivity index (χ0v) is 14.8. The first-order valence-corrected chi connectivity index (χ1v) is 8.76. The Labute approximate surface area is 155 Å². The fraction of sp³-hybridized carbons (Fsp3) is 0.421. The summed E-state index contributed by atoms with van der Waals surface area (Å²) in [5, 5.41) is 0. The molecular weight excluding hydrogens is 352 g/mol. The van der Waals surface area contributed by atoms with E-state index in [0.717, 1.165) is 5.56 Å². The second-order valence-corrected chi connectivity index (χ2v) is 6.49. The topological polar surface area (TPSA) is 88.9 Å². The number of ether oxygens (including phenoxy) is 4. The molecule has 0 bridgehead atoms. The van der Waals surface area contributed by atoms with Gasteiger partial charge < -0.3 is 23.5 Å². The third kappa shape index (κ3) is 3.51. The summed E-state index contributed by atoms with van der Waals surface area (Å²) in [7, 11) is 1.22. The Morgan fingerprint density at radius 2 is 2.00 bits per heavy atom. The highest BCUT2D eigenvalue weighted by Crippen LogP contribution is 2.34. The lowest BCUT2D eigenvalue weighted by molar-refractivity contribution is -0.282. The van der Waals surface area contributed by atoms with Crippen molar-refractivity contribution in [1.82, 2.24) is 9.55 Å². The number of methoxy groups -OCH3 is 1. The molecule has 142 valence electrons. The second-order valence-electron chi connectivity index (χ2n) is 6.49. The van der Waals surface area contributed by atoms with Crippen LogP contribution < -0.4 is 5.56 Å². The summed E-state index contributed by atoms with van der Waals surface area (Å²) in [6, 6.07) is 9.42. The number of nitrogens with zero attached hydrogens (tertiary/aromatic N) is 2. The maximum atomic E-state index is 12.6. The minimum absolute atomic E-state index is 0.182. The zero-order valence-electron chi connectivity index (χ0n) is 14.8. The van der Waals surface area contributed by atoms with Crippen molar-refractivity contribution in [3.8, 4) is 0 Å². The molecule has 0 N–H and O–H groups in total. The Morgan fingerprint density at radius 1 is 1.19 bits per heavy atom. The van der Waals surface area contributed by atoms with E-state index >= 15 is 0 Å². The molecule has 1 aromatic carbocycles. The largest absolute Gasteiger partial charge is 0.464 e. The highest BCUT2D eigenvalue weighted by atomic mass is 16.7. The Morgan fingerprint density at radius 3 is 2.78 bits per heavy atom. The minimum Gasteiger partial charge on any atom is -0.464 e. The van der Waals surface area contributed by atoms with Gasteiger partial charge in [-0.1, -0.05) is 30.3 Å². The molecule has 4 atom stereocenters. The molecule has 2 aromatic rings. The van der Waals surface area contributed by atoms with Crippen LogP contribution in [0.2, 0.25) is 0 Å². The van der Waals surface area contributed by atoms with E-state index in [0.29, 0.717) is 19.6 Å². The summed E-state index contributed by atoms with van der Waals surface area (Å²) < 4.78 is 23.8. The molecule has 1 unspecified atom stereocenters. The molecule has 3 heterocycles. The van der Waals surface area contributed by atoms with Gasteiger partial charge in [-0.3, -0.25) is 4.79 Å². The molecule has 0 aliphatic carbocycles. The summed E-state index contributed by atoms with van der Waals surface area (Å²) >= 11 is 0. The normalized spacial score (nSPS) is 27.6. The molecule has 2 saturated heterocycles. The molecule has 1 aromatic heterocycles. The molecule has 4 rings (SSSR count). The molecule has 0 radical (unpaired) electrons. The third-order valence-electron chi connectivity index (χ3n) is 4.84. The first-order valence-electron chi connectivity index (χ1n) is 8.76. The molecule has 0 amide bonds. The Balaban J connectivity index is 1.53. The van der Waals surface area contributed by atoms with Gasteiger partial charge in [0, 0.05) is 18.0 Å². The van der Waals surface area contributed by atoms with Gasteiger partial charge in [0.15, 0.2) is 6.29 Å². The number of aromatic nitrogens is 2. The molecule has 8 heteroatoms. The summed E-state index contributed by atoms with van der Waals surface area (Å²) in [5.74, 6) is -0.754. The van der Waals surface area contributed by atoms with Crippen LogP contribution in [-0.2, 0) is 18.9 Å². The van der Waals surface area contributed by atoms with Crippen LogP contribution in [0.25, 0.3) is 0 Å². The van der Waals surface area contributed by atoms with Crippen molar-refractivity contribution in [3.05, 3.63) is 64.3 Å². The van der Waals surface area contributed by atoms with E-state index in [-0.39, 0.29) is 23.9 Å². The Bertz CT molecular complexity index is 868.